The molecule has 2 nitrogen and oxygen atoms in total. The molecule has 1 aliphatic heterocycles. The summed E-state index contributed by atoms with van der Waals surface area (Å²) >= 11 is 0. The van der Waals surface area contributed by atoms with E-state index in [2.05, 4.69) is 29.2 Å². The average molecular weight is 218 g/mol. The maximum atomic E-state index is 5.33. The number of hydrogen-bond acceptors (Lipinski definition) is 2. The molecule has 0 saturated carbocycles. The number of nitrogens with zero attached hydrogens (tertiary/aromatic N) is 1. The van der Waals surface area contributed by atoms with E-state index in [0.717, 1.165) is 26.3 Å². The van der Waals surface area contributed by atoms with Gasteiger partial charge in [0.05, 0.1) is 13.2 Å². The Morgan fingerprint density at radius 2 is 2.12 bits per heavy atom. The van der Waals surface area contributed by atoms with Crippen molar-refractivity contribution < 1.29 is 4.74 Å². The molecule has 87 valence electrons. The van der Waals surface area contributed by atoms with Gasteiger partial charge in [-0.05, 0) is 37.4 Å². The lowest BCUT2D eigenvalue weighted by Gasteiger charge is -2.26. The van der Waals surface area contributed by atoms with Gasteiger partial charge in [0.1, 0.15) is 0 Å². The van der Waals surface area contributed by atoms with Crippen LogP contribution in [0, 0.1) is 6.07 Å². The van der Waals surface area contributed by atoms with Gasteiger partial charge in [-0.15, -0.1) is 0 Å². The first-order valence-corrected chi connectivity index (χ1v) is 6.20. The molecule has 0 unspecified atom stereocenters. The summed E-state index contributed by atoms with van der Waals surface area (Å²) in [5.41, 5.74) is 1.41. The lowest BCUT2D eigenvalue weighted by atomic mass is 10.1. The third kappa shape index (κ3) is 3.95. The monoisotopic (exact) mass is 218 g/mol. The Balaban J connectivity index is 1.58. The third-order valence-corrected chi connectivity index (χ3v) is 3.06. The van der Waals surface area contributed by atoms with Gasteiger partial charge in [-0.1, -0.05) is 24.3 Å². The normalized spacial score (nSPS) is 17.5. The Bertz CT molecular complexity index is 280. The van der Waals surface area contributed by atoms with E-state index in [-0.39, 0.29) is 0 Å². The first-order valence-electron chi connectivity index (χ1n) is 6.20. The van der Waals surface area contributed by atoms with E-state index in [1.165, 1.54) is 31.4 Å². The predicted octanol–water partition coefficient (Wildman–Crippen LogP) is 2.14. The first-order chi connectivity index (χ1) is 7.95. The smallest absolute Gasteiger partial charge is 0.0594 e. The predicted molar refractivity (Wildman–Crippen MR) is 65.5 cm³/mol. The molecule has 1 aliphatic rings. The Kier molecular flexibility index (Phi) is 4.84. The summed E-state index contributed by atoms with van der Waals surface area (Å²) < 4.78 is 5.33. The molecule has 0 N–H and O–H groups in total. The van der Waals surface area contributed by atoms with Gasteiger partial charge in [0.25, 0.3) is 0 Å². The molecule has 0 spiro atoms. The van der Waals surface area contributed by atoms with Crippen LogP contribution >= 0.6 is 0 Å². The maximum Gasteiger partial charge on any atom is 0.0594 e. The van der Waals surface area contributed by atoms with E-state index < -0.39 is 0 Å². The Morgan fingerprint density at radius 3 is 2.88 bits per heavy atom. The zero-order chi connectivity index (χ0) is 11.1. The third-order valence-electron chi connectivity index (χ3n) is 3.06. The van der Waals surface area contributed by atoms with Crippen molar-refractivity contribution in [3.8, 4) is 0 Å². The highest BCUT2D eigenvalue weighted by Crippen LogP contribution is 2.06. The summed E-state index contributed by atoms with van der Waals surface area (Å²) in [7, 11) is 0. The van der Waals surface area contributed by atoms with Crippen molar-refractivity contribution in [3.63, 3.8) is 0 Å². The summed E-state index contributed by atoms with van der Waals surface area (Å²) in [6, 6.07) is 11.4. The van der Waals surface area contributed by atoms with Crippen LogP contribution in [0.25, 0.3) is 0 Å². The molecule has 0 aliphatic carbocycles. The van der Waals surface area contributed by atoms with E-state index in [9.17, 15) is 0 Å². The second kappa shape index (κ2) is 6.66. The molecule has 1 aromatic rings. The minimum Gasteiger partial charge on any atom is -0.379 e. The van der Waals surface area contributed by atoms with Crippen molar-refractivity contribution in [2.45, 2.75) is 19.3 Å². The minimum absolute atomic E-state index is 0.910. The Hall–Kier alpha value is -0.860. The Labute approximate surface area is 98.2 Å². The van der Waals surface area contributed by atoms with E-state index in [4.69, 9.17) is 4.74 Å². The summed E-state index contributed by atoms with van der Waals surface area (Å²) in [6.07, 6.45) is 3.74. The van der Waals surface area contributed by atoms with Crippen LogP contribution in [0.1, 0.15) is 18.4 Å². The largest absolute Gasteiger partial charge is 0.379 e. The van der Waals surface area contributed by atoms with Crippen LogP contribution in [0.5, 0.6) is 0 Å². The fourth-order valence-electron chi connectivity index (χ4n) is 2.08. The zero-order valence-electron chi connectivity index (χ0n) is 9.82. The molecule has 1 heterocycles. The lowest BCUT2D eigenvalue weighted by molar-refractivity contribution is 0.0372. The Morgan fingerprint density at radius 1 is 1.25 bits per heavy atom. The van der Waals surface area contributed by atoms with Gasteiger partial charge in [-0.25, -0.2) is 0 Å². The fourth-order valence-corrected chi connectivity index (χ4v) is 2.08. The number of ether oxygens (including phenoxy) is 1. The number of rotatable bonds is 5. The SMILES string of the molecule is [c]1cccc(CCCCN2CCOCC2)c1. The number of aryl methyl sites for hydroxylation is 1. The molecule has 0 amide bonds. The number of benzene rings is 1. The summed E-state index contributed by atoms with van der Waals surface area (Å²) in [6.45, 7) is 5.26. The second-order valence-electron chi connectivity index (χ2n) is 4.32. The minimum atomic E-state index is 0.910. The molecule has 1 fully saturated rings. The van der Waals surface area contributed by atoms with Gasteiger partial charge < -0.3 is 4.74 Å². The van der Waals surface area contributed by atoms with Gasteiger partial charge in [0.2, 0.25) is 0 Å². The van der Waals surface area contributed by atoms with Crippen LogP contribution in [0.3, 0.4) is 0 Å². The average Bonchev–Trinajstić information content (AvgIpc) is 2.37. The van der Waals surface area contributed by atoms with Crippen LogP contribution in [0.2, 0.25) is 0 Å². The molecule has 16 heavy (non-hydrogen) atoms. The number of hydrogen-bond donors (Lipinski definition) is 0. The highest BCUT2D eigenvalue weighted by Gasteiger charge is 2.08. The fraction of sp³-hybridized carbons (Fsp3) is 0.571. The topological polar surface area (TPSA) is 12.5 Å². The molecule has 2 heteroatoms. The van der Waals surface area contributed by atoms with Gasteiger partial charge >= 0.3 is 0 Å². The first kappa shape index (κ1) is 11.6. The summed E-state index contributed by atoms with van der Waals surface area (Å²) in [4.78, 5) is 2.50. The molecule has 2 rings (SSSR count). The molecular formula is C14H20NO. The lowest BCUT2D eigenvalue weighted by Crippen LogP contribution is -2.36. The zero-order valence-corrected chi connectivity index (χ0v) is 9.82. The molecule has 0 bridgehead atoms. The van der Waals surface area contributed by atoms with Crippen molar-refractivity contribution in [3.05, 3.63) is 35.9 Å². The van der Waals surface area contributed by atoms with Crippen LogP contribution in [0.15, 0.2) is 24.3 Å². The van der Waals surface area contributed by atoms with Gasteiger partial charge in [-0.2, -0.15) is 0 Å². The molecule has 1 radical (unpaired) electrons. The molecule has 1 aromatic carbocycles. The molecule has 0 atom stereocenters. The van der Waals surface area contributed by atoms with Crippen LogP contribution in [0.4, 0.5) is 0 Å². The van der Waals surface area contributed by atoms with E-state index >= 15 is 0 Å². The van der Waals surface area contributed by atoms with Crippen LogP contribution in [-0.4, -0.2) is 37.7 Å². The van der Waals surface area contributed by atoms with Crippen molar-refractivity contribution in [2.75, 3.05) is 32.8 Å². The molecule has 1 saturated heterocycles. The van der Waals surface area contributed by atoms with E-state index in [0.29, 0.717) is 0 Å². The standard InChI is InChI=1S/C14H20NO/c1-2-6-14(7-3-1)8-4-5-9-15-10-12-16-13-11-15/h1-2,6-7H,4-5,8-13H2. The van der Waals surface area contributed by atoms with Crippen molar-refractivity contribution in [1.29, 1.82) is 0 Å². The highest BCUT2D eigenvalue weighted by atomic mass is 16.5. The summed E-state index contributed by atoms with van der Waals surface area (Å²) in [5.74, 6) is 0. The van der Waals surface area contributed by atoms with Crippen molar-refractivity contribution in [1.82, 2.24) is 4.90 Å². The number of morpholine rings is 1. The highest BCUT2D eigenvalue weighted by molar-refractivity contribution is 5.13. The van der Waals surface area contributed by atoms with Crippen LogP contribution in [-0.2, 0) is 11.2 Å². The van der Waals surface area contributed by atoms with Gasteiger partial charge in [-0.3, -0.25) is 4.90 Å². The maximum absolute atomic E-state index is 5.33. The summed E-state index contributed by atoms with van der Waals surface area (Å²) in [5, 5.41) is 0. The molecular weight excluding hydrogens is 198 g/mol. The van der Waals surface area contributed by atoms with Gasteiger partial charge in [0.15, 0.2) is 0 Å². The van der Waals surface area contributed by atoms with E-state index in [1.807, 2.05) is 6.07 Å². The van der Waals surface area contributed by atoms with Crippen molar-refractivity contribution >= 4 is 0 Å². The second-order valence-corrected chi connectivity index (χ2v) is 4.32. The number of unbranched alkanes of at least 4 members (excludes halogenated alkanes) is 1. The molecule has 0 aromatic heterocycles. The van der Waals surface area contributed by atoms with Gasteiger partial charge in [0, 0.05) is 13.1 Å². The van der Waals surface area contributed by atoms with Crippen LogP contribution < -0.4 is 0 Å². The quantitative estimate of drug-likeness (QED) is 0.702. The van der Waals surface area contributed by atoms with E-state index in [1.54, 1.807) is 0 Å². The van der Waals surface area contributed by atoms with Crippen molar-refractivity contribution in [2.24, 2.45) is 0 Å².